The third-order valence-electron chi connectivity index (χ3n) is 2.64. The maximum atomic E-state index is 13.4. The highest BCUT2D eigenvalue weighted by Crippen LogP contribution is 2.26. The van der Waals surface area contributed by atoms with Crippen LogP contribution in [-0.4, -0.2) is 13.1 Å². The Morgan fingerprint density at radius 1 is 1.50 bits per heavy atom. The van der Waals surface area contributed by atoms with Crippen molar-refractivity contribution in [1.82, 2.24) is 5.32 Å². The predicted molar refractivity (Wildman–Crippen MR) is 54.7 cm³/mol. The van der Waals surface area contributed by atoms with Gasteiger partial charge in [0, 0.05) is 35.6 Å². The van der Waals surface area contributed by atoms with Gasteiger partial charge in [-0.25, -0.2) is 4.39 Å². The summed E-state index contributed by atoms with van der Waals surface area (Å²) in [5.74, 6) is 0.0526. The molecule has 0 aromatic heterocycles. The first kappa shape index (κ1) is 9.90. The standard InChI is InChI=1S/C10H12ClFN2/c11-7-1-2-9(12)8(3-7)10(13)6-4-14-5-6/h1-3,6,10,14H,4-5,13H2. The molecule has 1 heterocycles. The van der Waals surface area contributed by atoms with Gasteiger partial charge in [-0.3, -0.25) is 0 Å². The van der Waals surface area contributed by atoms with Crippen molar-refractivity contribution >= 4 is 11.6 Å². The number of nitrogens with two attached hydrogens (primary N) is 1. The van der Waals surface area contributed by atoms with Gasteiger partial charge in [0.05, 0.1) is 0 Å². The minimum absolute atomic E-state index is 0.255. The van der Waals surface area contributed by atoms with Crippen LogP contribution in [0.15, 0.2) is 18.2 Å². The van der Waals surface area contributed by atoms with Gasteiger partial charge in [0.1, 0.15) is 5.82 Å². The molecule has 1 unspecified atom stereocenters. The van der Waals surface area contributed by atoms with Crippen molar-refractivity contribution in [2.24, 2.45) is 11.7 Å². The highest BCUT2D eigenvalue weighted by atomic mass is 35.5. The number of benzene rings is 1. The fraction of sp³-hybridized carbons (Fsp3) is 0.400. The summed E-state index contributed by atoms with van der Waals surface area (Å²) >= 11 is 5.79. The number of rotatable bonds is 2. The summed E-state index contributed by atoms with van der Waals surface area (Å²) in [4.78, 5) is 0. The monoisotopic (exact) mass is 214 g/mol. The van der Waals surface area contributed by atoms with Crippen molar-refractivity contribution < 1.29 is 4.39 Å². The molecule has 1 aliphatic heterocycles. The average molecular weight is 215 g/mol. The summed E-state index contributed by atoms with van der Waals surface area (Å²) in [5.41, 5.74) is 6.45. The molecule has 0 saturated carbocycles. The molecule has 14 heavy (non-hydrogen) atoms. The fourth-order valence-corrected chi connectivity index (χ4v) is 1.77. The Bertz CT molecular complexity index is 339. The topological polar surface area (TPSA) is 38.0 Å². The van der Waals surface area contributed by atoms with Crippen molar-refractivity contribution in [1.29, 1.82) is 0 Å². The molecule has 4 heteroatoms. The van der Waals surface area contributed by atoms with Crippen LogP contribution in [0.4, 0.5) is 4.39 Å². The summed E-state index contributed by atoms with van der Waals surface area (Å²) in [6, 6.07) is 4.25. The molecule has 1 fully saturated rings. The van der Waals surface area contributed by atoms with Crippen LogP contribution >= 0.6 is 11.6 Å². The molecule has 1 aromatic carbocycles. The summed E-state index contributed by atoms with van der Waals surface area (Å²) in [6.45, 7) is 1.71. The second-order valence-corrected chi connectivity index (χ2v) is 4.05. The number of hydrogen-bond donors (Lipinski definition) is 2. The first-order chi connectivity index (χ1) is 6.68. The van der Waals surface area contributed by atoms with E-state index in [0.29, 0.717) is 16.5 Å². The van der Waals surface area contributed by atoms with Crippen molar-refractivity contribution in [2.45, 2.75) is 6.04 Å². The van der Waals surface area contributed by atoms with Crippen molar-refractivity contribution in [2.75, 3.05) is 13.1 Å². The molecule has 0 radical (unpaired) electrons. The van der Waals surface area contributed by atoms with Crippen molar-refractivity contribution in [3.05, 3.63) is 34.6 Å². The van der Waals surface area contributed by atoms with Crippen LogP contribution in [-0.2, 0) is 0 Å². The minimum Gasteiger partial charge on any atom is -0.324 e. The minimum atomic E-state index is -0.270. The average Bonchev–Trinajstić information content (AvgIpc) is 2.06. The highest BCUT2D eigenvalue weighted by molar-refractivity contribution is 6.30. The van der Waals surface area contributed by atoms with E-state index in [0.717, 1.165) is 13.1 Å². The van der Waals surface area contributed by atoms with Crippen LogP contribution in [0, 0.1) is 11.7 Å². The van der Waals surface area contributed by atoms with Gasteiger partial charge in [-0.05, 0) is 18.2 Å². The second-order valence-electron chi connectivity index (χ2n) is 3.61. The molecule has 2 nitrogen and oxygen atoms in total. The zero-order chi connectivity index (χ0) is 10.1. The molecule has 2 rings (SSSR count). The van der Waals surface area contributed by atoms with Crippen LogP contribution in [0.3, 0.4) is 0 Å². The molecule has 3 N–H and O–H groups in total. The Balaban J connectivity index is 2.24. The lowest BCUT2D eigenvalue weighted by molar-refractivity contribution is 0.290. The van der Waals surface area contributed by atoms with E-state index >= 15 is 0 Å². The number of halogens is 2. The van der Waals surface area contributed by atoms with Crippen molar-refractivity contribution in [3.63, 3.8) is 0 Å². The van der Waals surface area contributed by atoms with E-state index in [2.05, 4.69) is 5.32 Å². The lowest BCUT2D eigenvalue weighted by Crippen LogP contribution is -2.47. The molecule has 0 bridgehead atoms. The van der Waals surface area contributed by atoms with Gasteiger partial charge in [0.25, 0.3) is 0 Å². The smallest absolute Gasteiger partial charge is 0.128 e. The number of nitrogens with one attached hydrogen (secondary N) is 1. The van der Waals surface area contributed by atoms with Gasteiger partial charge in [-0.1, -0.05) is 11.6 Å². The van der Waals surface area contributed by atoms with Gasteiger partial charge in [0.15, 0.2) is 0 Å². The van der Waals surface area contributed by atoms with Crippen molar-refractivity contribution in [3.8, 4) is 0 Å². The van der Waals surface area contributed by atoms with E-state index < -0.39 is 0 Å². The summed E-state index contributed by atoms with van der Waals surface area (Å²) in [6.07, 6.45) is 0. The predicted octanol–water partition coefficient (Wildman–Crippen LogP) is 1.70. The highest BCUT2D eigenvalue weighted by Gasteiger charge is 2.27. The van der Waals surface area contributed by atoms with Crippen LogP contribution in [0.1, 0.15) is 11.6 Å². The third-order valence-corrected chi connectivity index (χ3v) is 2.87. The normalized spacial score (nSPS) is 19.1. The van der Waals surface area contributed by atoms with Gasteiger partial charge in [-0.15, -0.1) is 0 Å². The molecule has 0 spiro atoms. The SMILES string of the molecule is NC(c1cc(Cl)ccc1F)C1CNC1. The maximum absolute atomic E-state index is 13.4. The largest absolute Gasteiger partial charge is 0.324 e. The van der Waals surface area contributed by atoms with E-state index in [-0.39, 0.29) is 11.9 Å². The first-order valence-electron chi connectivity index (χ1n) is 4.59. The number of hydrogen-bond acceptors (Lipinski definition) is 2. The van der Waals surface area contributed by atoms with Gasteiger partial charge >= 0.3 is 0 Å². The van der Waals surface area contributed by atoms with Crippen LogP contribution < -0.4 is 11.1 Å². The van der Waals surface area contributed by atoms with E-state index in [4.69, 9.17) is 17.3 Å². The van der Waals surface area contributed by atoms with E-state index in [1.54, 1.807) is 6.07 Å². The molecular formula is C10H12ClFN2. The fourth-order valence-electron chi connectivity index (χ4n) is 1.59. The van der Waals surface area contributed by atoms with E-state index in [9.17, 15) is 4.39 Å². The second kappa shape index (κ2) is 3.85. The molecule has 0 amide bonds. The Morgan fingerprint density at radius 2 is 2.21 bits per heavy atom. The molecule has 1 aromatic rings. The van der Waals surface area contributed by atoms with Crippen LogP contribution in [0.5, 0.6) is 0 Å². The Labute approximate surface area is 87.2 Å². The molecule has 1 saturated heterocycles. The maximum Gasteiger partial charge on any atom is 0.128 e. The quantitative estimate of drug-likeness (QED) is 0.787. The Morgan fingerprint density at radius 3 is 2.79 bits per heavy atom. The van der Waals surface area contributed by atoms with Gasteiger partial charge < -0.3 is 11.1 Å². The lowest BCUT2D eigenvalue weighted by Gasteiger charge is -2.32. The van der Waals surface area contributed by atoms with E-state index in [1.807, 2.05) is 0 Å². The van der Waals surface area contributed by atoms with E-state index in [1.165, 1.54) is 12.1 Å². The Hall–Kier alpha value is -0.640. The zero-order valence-corrected chi connectivity index (χ0v) is 8.39. The lowest BCUT2D eigenvalue weighted by atomic mass is 9.89. The summed E-state index contributed by atoms with van der Waals surface area (Å²) < 4.78 is 13.4. The zero-order valence-electron chi connectivity index (χ0n) is 7.63. The van der Waals surface area contributed by atoms with Gasteiger partial charge in [0.2, 0.25) is 0 Å². The Kier molecular flexibility index (Phi) is 2.72. The summed E-state index contributed by atoms with van der Waals surface area (Å²) in [7, 11) is 0. The molecular weight excluding hydrogens is 203 g/mol. The summed E-state index contributed by atoms with van der Waals surface area (Å²) in [5, 5.41) is 3.64. The molecule has 1 atom stereocenters. The molecule has 0 aliphatic carbocycles. The van der Waals surface area contributed by atoms with Gasteiger partial charge in [-0.2, -0.15) is 0 Å². The third kappa shape index (κ3) is 1.75. The van der Waals surface area contributed by atoms with Crippen LogP contribution in [0.25, 0.3) is 0 Å². The molecule has 76 valence electrons. The molecule has 1 aliphatic rings. The van der Waals surface area contributed by atoms with Crippen LogP contribution in [0.2, 0.25) is 5.02 Å². The first-order valence-corrected chi connectivity index (χ1v) is 4.97.